The Hall–Kier alpha value is -0.830. The largest absolute Gasteiger partial charge is 0.383 e. The zero-order valence-corrected chi connectivity index (χ0v) is 14.1. The van der Waals surface area contributed by atoms with E-state index in [-0.39, 0.29) is 11.3 Å². The number of nitrogens with zero attached hydrogens (tertiary/aromatic N) is 2. The topological polar surface area (TPSA) is 104 Å². The third-order valence-electron chi connectivity index (χ3n) is 2.71. The van der Waals surface area contributed by atoms with Crippen LogP contribution in [0.5, 0.6) is 0 Å². The summed E-state index contributed by atoms with van der Waals surface area (Å²) >= 11 is 6.63. The molecule has 0 spiro atoms. The van der Waals surface area contributed by atoms with Crippen LogP contribution in [0.4, 0.5) is 11.6 Å². The Morgan fingerprint density at radius 1 is 1.30 bits per heavy atom. The van der Waals surface area contributed by atoms with Crippen LogP contribution < -0.4 is 17.2 Å². The van der Waals surface area contributed by atoms with Crippen molar-refractivity contribution in [2.45, 2.75) is 29.8 Å². The lowest BCUT2D eigenvalue weighted by Gasteiger charge is -2.20. The third kappa shape index (κ3) is 3.85. The van der Waals surface area contributed by atoms with Gasteiger partial charge in [-0.2, -0.15) is 0 Å². The Labute approximate surface area is 134 Å². The van der Waals surface area contributed by atoms with Crippen molar-refractivity contribution in [3.63, 3.8) is 0 Å². The Morgan fingerprint density at radius 3 is 2.45 bits per heavy atom. The standard InChI is InChI=1S/C12H16BrN5S2/c1-2-7(14)11(8-3-6(13)5-19-8)20-12-17-9(15)4-10(16)18-12/h3-5,7,11H,2,14H2,1H3,(H4,15,16,17,18). The molecule has 8 heteroatoms. The summed E-state index contributed by atoms with van der Waals surface area (Å²) < 4.78 is 1.06. The fourth-order valence-corrected chi connectivity index (χ4v) is 4.58. The zero-order chi connectivity index (χ0) is 14.7. The second kappa shape index (κ2) is 6.75. The Kier molecular flexibility index (Phi) is 5.25. The first-order valence-corrected chi connectivity index (χ1v) is 8.61. The summed E-state index contributed by atoms with van der Waals surface area (Å²) in [6.07, 6.45) is 0.866. The first-order valence-electron chi connectivity index (χ1n) is 6.05. The molecule has 0 radical (unpaired) electrons. The quantitative estimate of drug-likeness (QED) is 0.549. The van der Waals surface area contributed by atoms with Crippen molar-refractivity contribution in [2.24, 2.45) is 5.73 Å². The van der Waals surface area contributed by atoms with Crippen LogP contribution in [0.25, 0.3) is 0 Å². The van der Waals surface area contributed by atoms with Gasteiger partial charge in [-0.05, 0) is 28.4 Å². The van der Waals surface area contributed by atoms with Crippen molar-refractivity contribution in [2.75, 3.05) is 11.5 Å². The van der Waals surface area contributed by atoms with Gasteiger partial charge in [0.25, 0.3) is 0 Å². The summed E-state index contributed by atoms with van der Waals surface area (Å²) in [5, 5.41) is 2.68. The minimum Gasteiger partial charge on any atom is -0.383 e. The highest BCUT2D eigenvalue weighted by Crippen LogP contribution is 2.40. The summed E-state index contributed by atoms with van der Waals surface area (Å²) in [6, 6.07) is 3.63. The lowest BCUT2D eigenvalue weighted by atomic mass is 10.1. The Balaban J connectivity index is 2.28. The molecule has 0 bridgehead atoms. The summed E-state index contributed by atoms with van der Waals surface area (Å²) in [5.41, 5.74) is 17.6. The monoisotopic (exact) mass is 373 g/mol. The van der Waals surface area contributed by atoms with E-state index in [1.54, 1.807) is 17.4 Å². The van der Waals surface area contributed by atoms with Gasteiger partial charge in [0.2, 0.25) is 0 Å². The summed E-state index contributed by atoms with van der Waals surface area (Å²) in [4.78, 5) is 9.60. The number of nitrogens with two attached hydrogens (primary N) is 3. The van der Waals surface area contributed by atoms with E-state index in [2.05, 4.69) is 38.9 Å². The van der Waals surface area contributed by atoms with E-state index >= 15 is 0 Å². The molecule has 2 atom stereocenters. The van der Waals surface area contributed by atoms with Gasteiger partial charge in [0.05, 0.1) is 5.25 Å². The maximum Gasteiger partial charge on any atom is 0.192 e. The molecular formula is C12H16BrN5S2. The fourth-order valence-electron chi connectivity index (χ4n) is 1.68. The molecule has 2 rings (SSSR count). The molecule has 0 saturated heterocycles. The van der Waals surface area contributed by atoms with Crippen molar-refractivity contribution in [1.29, 1.82) is 0 Å². The average molecular weight is 374 g/mol. The number of rotatable bonds is 5. The van der Waals surface area contributed by atoms with Crippen LogP contribution in [-0.4, -0.2) is 16.0 Å². The predicted molar refractivity (Wildman–Crippen MR) is 89.7 cm³/mol. The molecule has 2 aromatic rings. The third-order valence-corrected chi connectivity index (χ3v) is 5.88. The molecule has 0 aromatic carbocycles. The van der Waals surface area contributed by atoms with Crippen LogP contribution in [0.2, 0.25) is 0 Å². The molecular weight excluding hydrogens is 358 g/mol. The number of nitrogen functional groups attached to an aromatic ring is 2. The number of hydrogen-bond donors (Lipinski definition) is 3. The summed E-state index contributed by atoms with van der Waals surface area (Å²) in [7, 11) is 0. The van der Waals surface area contributed by atoms with Gasteiger partial charge < -0.3 is 17.2 Å². The first kappa shape index (κ1) is 15.6. The molecule has 2 heterocycles. The summed E-state index contributed by atoms with van der Waals surface area (Å²) in [5.74, 6) is 0.743. The Bertz CT molecular complexity index is 569. The van der Waals surface area contributed by atoms with E-state index < -0.39 is 0 Å². The molecule has 0 aliphatic carbocycles. The smallest absolute Gasteiger partial charge is 0.192 e. The molecule has 6 N–H and O–H groups in total. The van der Waals surface area contributed by atoms with Crippen molar-refractivity contribution in [3.05, 3.63) is 26.9 Å². The molecule has 2 unspecified atom stereocenters. The molecule has 0 amide bonds. The molecule has 0 saturated carbocycles. The summed E-state index contributed by atoms with van der Waals surface area (Å²) in [6.45, 7) is 2.06. The van der Waals surface area contributed by atoms with Gasteiger partial charge in [0.15, 0.2) is 5.16 Å². The predicted octanol–water partition coefficient (Wildman–Crippen LogP) is 3.04. The first-order chi connectivity index (χ1) is 9.49. The van der Waals surface area contributed by atoms with Gasteiger partial charge in [-0.3, -0.25) is 0 Å². The van der Waals surface area contributed by atoms with Crippen LogP contribution in [0.15, 0.2) is 27.1 Å². The minimum absolute atomic E-state index is 0.0109. The van der Waals surface area contributed by atoms with E-state index in [9.17, 15) is 0 Å². The van der Waals surface area contributed by atoms with Crippen molar-refractivity contribution in [3.8, 4) is 0 Å². The SMILES string of the molecule is CCC(N)C(Sc1nc(N)cc(N)n1)c1cc(Br)cs1. The van der Waals surface area contributed by atoms with E-state index in [0.29, 0.717) is 16.8 Å². The molecule has 5 nitrogen and oxygen atoms in total. The second-order valence-electron chi connectivity index (χ2n) is 4.28. The van der Waals surface area contributed by atoms with Gasteiger partial charge >= 0.3 is 0 Å². The number of thioether (sulfide) groups is 1. The number of anilines is 2. The van der Waals surface area contributed by atoms with E-state index in [4.69, 9.17) is 17.2 Å². The van der Waals surface area contributed by atoms with Gasteiger partial charge in [-0.1, -0.05) is 18.7 Å². The molecule has 108 valence electrons. The highest BCUT2D eigenvalue weighted by Gasteiger charge is 2.23. The lowest BCUT2D eigenvalue weighted by molar-refractivity contribution is 0.638. The highest BCUT2D eigenvalue weighted by atomic mass is 79.9. The van der Waals surface area contributed by atoms with Crippen LogP contribution >= 0.6 is 39.0 Å². The van der Waals surface area contributed by atoms with Crippen LogP contribution in [0, 0.1) is 0 Å². The van der Waals surface area contributed by atoms with Crippen molar-refractivity contribution >= 4 is 50.7 Å². The van der Waals surface area contributed by atoms with E-state index in [0.717, 1.165) is 10.9 Å². The zero-order valence-electron chi connectivity index (χ0n) is 10.9. The number of hydrogen-bond acceptors (Lipinski definition) is 7. The molecule has 20 heavy (non-hydrogen) atoms. The van der Waals surface area contributed by atoms with Gasteiger partial charge in [-0.15, -0.1) is 11.3 Å². The molecule has 0 aliphatic heterocycles. The van der Waals surface area contributed by atoms with E-state index in [1.165, 1.54) is 16.6 Å². The maximum absolute atomic E-state index is 6.23. The maximum atomic E-state index is 6.23. The fraction of sp³-hybridized carbons (Fsp3) is 0.333. The van der Waals surface area contributed by atoms with Crippen molar-refractivity contribution < 1.29 is 0 Å². The van der Waals surface area contributed by atoms with Crippen LogP contribution in [-0.2, 0) is 0 Å². The second-order valence-corrected chi connectivity index (χ2v) is 7.25. The van der Waals surface area contributed by atoms with Crippen molar-refractivity contribution in [1.82, 2.24) is 9.97 Å². The molecule has 2 aromatic heterocycles. The van der Waals surface area contributed by atoms with Gasteiger partial charge in [0.1, 0.15) is 11.6 Å². The number of halogens is 1. The highest BCUT2D eigenvalue weighted by molar-refractivity contribution is 9.10. The average Bonchev–Trinajstić information content (AvgIpc) is 2.80. The number of aromatic nitrogens is 2. The van der Waals surface area contributed by atoms with Gasteiger partial charge in [0, 0.05) is 26.8 Å². The Morgan fingerprint density at radius 2 is 1.95 bits per heavy atom. The lowest BCUT2D eigenvalue weighted by Crippen LogP contribution is -2.25. The van der Waals surface area contributed by atoms with Crippen LogP contribution in [0.1, 0.15) is 23.5 Å². The molecule has 0 fully saturated rings. The van der Waals surface area contributed by atoms with Gasteiger partial charge in [-0.25, -0.2) is 9.97 Å². The van der Waals surface area contributed by atoms with Crippen LogP contribution in [0.3, 0.4) is 0 Å². The minimum atomic E-state index is 0.0109. The number of thiophene rings is 1. The normalized spacial score (nSPS) is 14.2. The van der Waals surface area contributed by atoms with E-state index in [1.807, 2.05) is 5.38 Å². The molecule has 0 aliphatic rings.